The summed E-state index contributed by atoms with van der Waals surface area (Å²) in [6, 6.07) is 4.79. The van der Waals surface area contributed by atoms with Crippen LogP contribution in [-0.4, -0.2) is 31.5 Å². The number of hydrogen-bond acceptors (Lipinski definition) is 7. The van der Waals surface area contributed by atoms with E-state index in [1.807, 2.05) is 13.8 Å². The molecule has 0 radical (unpaired) electrons. The Bertz CT molecular complexity index is 744. The summed E-state index contributed by atoms with van der Waals surface area (Å²) in [7, 11) is -2.11. The van der Waals surface area contributed by atoms with Crippen molar-refractivity contribution in [2.24, 2.45) is 0 Å². The number of thioether (sulfide) groups is 1. The van der Waals surface area contributed by atoms with E-state index in [1.165, 1.54) is 29.2 Å². The van der Waals surface area contributed by atoms with E-state index in [9.17, 15) is 8.42 Å². The molecule has 0 spiro atoms. The number of ether oxygens (including phenoxy) is 1. The first-order chi connectivity index (χ1) is 10.5. The van der Waals surface area contributed by atoms with Gasteiger partial charge in [0.25, 0.3) is 10.0 Å². The number of nitrogens with zero attached hydrogens (tertiary/aromatic N) is 2. The molecule has 22 heavy (non-hydrogen) atoms. The Balaban J connectivity index is 2.25. The maximum Gasteiger partial charge on any atom is 0.263 e. The molecule has 1 heterocycles. The molecule has 0 aliphatic rings. The fourth-order valence-corrected chi connectivity index (χ4v) is 4.73. The first-order valence-corrected chi connectivity index (χ1v) is 9.94. The third kappa shape index (κ3) is 3.90. The second-order valence-corrected chi connectivity index (χ2v) is 8.41. The van der Waals surface area contributed by atoms with Gasteiger partial charge < -0.3 is 4.74 Å². The van der Waals surface area contributed by atoms with Gasteiger partial charge in [0, 0.05) is 0 Å². The molecule has 0 atom stereocenters. The molecule has 0 aliphatic carbocycles. The molecule has 0 amide bonds. The van der Waals surface area contributed by atoms with E-state index in [0.717, 1.165) is 15.7 Å². The van der Waals surface area contributed by atoms with Crippen molar-refractivity contribution in [3.8, 4) is 5.75 Å². The molecule has 0 bridgehead atoms. The van der Waals surface area contributed by atoms with Crippen molar-refractivity contribution in [1.82, 2.24) is 10.2 Å². The molecule has 9 heteroatoms. The van der Waals surface area contributed by atoms with E-state index in [-0.39, 0.29) is 10.0 Å². The molecule has 0 unspecified atom stereocenters. The number of nitrogens with one attached hydrogen (secondary N) is 1. The Hall–Kier alpha value is -1.32. The van der Waals surface area contributed by atoms with Crippen LogP contribution in [0, 0.1) is 0 Å². The standard InChI is InChI=1S/C13H17N3O3S3/c1-4-9-8-10(6-7-11(9)19-3)22(17,18)16-12-14-15-13(21-12)20-5-2/h6-8H,4-5H2,1-3H3,(H,14,16). The molecule has 1 aromatic carbocycles. The van der Waals surface area contributed by atoms with Crippen LogP contribution < -0.4 is 9.46 Å². The number of sulfonamides is 1. The molecular formula is C13H17N3O3S3. The zero-order valence-electron chi connectivity index (χ0n) is 12.5. The summed E-state index contributed by atoms with van der Waals surface area (Å²) in [6.45, 7) is 3.94. The Kier molecular flexibility index (Phi) is 5.65. The highest BCUT2D eigenvalue weighted by Crippen LogP contribution is 2.28. The number of methoxy groups -OCH3 is 1. The predicted octanol–water partition coefficient (Wildman–Crippen LogP) is 3.02. The molecular weight excluding hydrogens is 342 g/mol. The van der Waals surface area contributed by atoms with E-state index in [2.05, 4.69) is 14.9 Å². The average Bonchev–Trinajstić information content (AvgIpc) is 2.93. The Morgan fingerprint density at radius 1 is 1.32 bits per heavy atom. The lowest BCUT2D eigenvalue weighted by atomic mass is 10.1. The molecule has 0 fully saturated rings. The van der Waals surface area contributed by atoms with Gasteiger partial charge in [-0.25, -0.2) is 8.42 Å². The van der Waals surface area contributed by atoms with Crippen LogP contribution in [0.4, 0.5) is 5.13 Å². The minimum atomic E-state index is -3.68. The highest BCUT2D eigenvalue weighted by molar-refractivity contribution is 8.01. The van der Waals surface area contributed by atoms with E-state index < -0.39 is 10.0 Å². The van der Waals surface area contributed by atoms with Crippen molar-refractivity contribution in [1.29, 1.82) is 0 Å². The normalized spacial score (nSPS) is 11.4. The molecule has 1 N–H and O–H groups in total. The van der Waals surface area contributed by atoms with Gasteiger partial charge in [0.15, 0.2) is 4.34 Å². The highest BCUT2D eigenvalue weighted by Gasteiger charge is 2.18. The van der Waals surface area contributed by atoms with Gasteiger partial charge in [0.05, 0.1) is 12.0 Å². The van der Waals surface area contributed by atoms with Crippen LogP contribution in [0.1, 0.15) is 19.4 Å². The van der Waals surface area contributed by atoms with Crippen LogP contribution in [0.15, 0.2) is 27.4 Å². The average molecular weight is 359 g/mol. The number of aryl methyl sites for hydroxylation is 1. The number of aromatic nitrogens is 2. The van der Waals surface area contributed by atoms with Gasteiger partial charge in [-0.1, -0.05) is 36.9 Å². The number of anilines is 1. The Labute approximate surface area is 138 Å². The van der Waals surface area contributed by atoms with Crippen molar-refractivity contribution >= 4 is 38.3 Å². The zero-order valence-corrected chi connectivity index (χ0v) is 14.9. The van der Waals surface area contributed by atoms with Gasteiger partial charge in [-0.05, 0) is 35.9 Å². The van der Waals surface area contributed by atoms with E-state index in [1.54, 1.807) is 19.2 Å². The quantitative estimate of drug-likeness (QED) is 0.765. The fourth-order valence-electron chi connectivity index (χ4n) is 1.81. The minimum absolute atomic E-state index is 0.185. The first-order valence-electron chi connectivity index (χ1n) is 6.66. The topological polar surface area (TPSA) is 81.2 Å². The smallest absolute Gasteiger partial charge is 0.263 e. The third-order valence-corrected chi connectivity index (χ3v) is 6.16. The summed E-state index contributed by atoms with van der Waals surface area (Å²) in [5, 5.41) is 8.05. The van der Waals surface area contributed by atoms with E-state index >= 15 is 0 Å². The zero-order chi connectivity index (χ0) is 16.2. The number of hydrogen-bond donors (Lipinski definition) is 1. The Morgan fingerprint density at radius 2 is 2.09 bits per heavy atom. The fraction of sp³-hybridized carbons (Fsp3) is 0.385. The third-order valence-electron chi connectivity index (χ3n) is 2.84. The molecule has 1 aromatic heterocycles. The monoisotopic (exact) mass is 359 g/mol. The summed E-state index contributed by atoms with van der Waals surface area (Å²) in [5.41, 5.74) is 0.838. The maximum atomic E-state index is 12.4. The lowest BCUT2D eigenvalue weighted by Crippen LogP contribution is -2.13. The maximum absolute atomic E-state index is 12.4. The van der Waals surface area contributed by atoms with Gasteiger partial charge in [0.2, 0.25) is 5.13 Å². The first kappa shape index (κ1) is 17.0. The molecule has 0 aliphatic heterocycles. The highest BCUT2D eigenvalue weighted by atomic mass is 32.2. The molecule has 2 aromatic rings. The molecule has 0 saturated carbocycles. The van der Waals surface area contributed by atoms with E-state index in [0.29, 0.717) is 12.2 Å². The number of benzene rings is 1. The second kappa shape index (κ2) is 7.30. The van der Waals surface area contributed by atoms with Crippen molar-refractivity contribution in [3.05, 3.63) is 23.8 Å². The minimum Gasteiger partial charge on any atom is -0.496 e. The van der Waals surface area contributed by atoms with Gasteiger partial charge in [-0.3, -0.25) is 4.72 Å². The second-order valence-electron chi connectivity index (χ2n) is 4.24. The van der Waals surface area contributed by atoms with Gasteiger partial charge in [-0.15, -0.1) is 10.2 Å². The SMILES string of the molecule is CCSc1nnc(NS(=O)(=O)c2ccc(OC)c(CC)c2)s1. The summed E-state index contributed by atoms with van der Waals surface area (Å²) in [5.74, 6) is 1.54. The van der Waals surface area contributed by atoms with E-state index in [4.69, 9.17) is 4.74 Å². The lowest BCUT2D eigenvalue weighted by Gasteiger charge is -2.10. The van der Waals surface area contributed by atoms with Crippen LogP contribution in [-0.2, 0) is 16.4 Å². The lowest BCUT2D eigenvalue weighted by molar-refractivity contribution is 0.409. The summed E-state index contributed by atoms with van der Waals surface area (Å²) in [4.78, 5) is 0.185. The van der Waals surface area contributed by atoms with Crippen molar-refractivity contribution in [2.45, 2.75) is 29.5 Å². The largest absolute Gasteiger partial charge is 0.496 e. The van der Waals surface area contributed by atoms with Crippen molar-refractivity contribution < 1.29 is 13.2 Å². The predicted molar refractivity (Wildman–Crippen MR) is 89.5 cm³/mol. The van der Waals surface area contributed by atoms with Crippen LogP contribution >= 0.6 is 23.1 Å². The van der Waals surface area contributed by atoms with Crippen LogP contribution in [0.3, 0.4) is 0 Å². The van der Waals surface area contributed by atoms with Gasteiger partial charge >= 0.3 is 0 Å². The molecule has 6 nitrogen and oxygen atoms in total. The molecule has 0 saturated heterocycles. The van der Waals surface area contributed by atoms with Crippen molar-refractivity contribution in [2.75, 3.05) is 17.6 Å². The molecule has 120 valence electrons. The Morgan fingerprint density at radius 3 is 2.73 bits per heavy atom. The van der Waals surface area contributed by atoms with Crippen LogP contribution in [0.25, 0.3) is 0 Å². The van der Waals surface area contributed by atoms with Gasteiger partial charge in [0.1, 0.15) is 5.75 Å². The summed E-state index contributed by atoms with van der Waals surface area (Å²) in [6.07, 6.45) is 0.683. The van der Waals surface area contributed by atoms with Crippen molar-refractivity contribution in [3.63, 3.8) is 0 Å². The van der Waals surface area contributed by atoms with Crippen LogP contribution in [0.5, 0.6) is 5.75 Å². The van der Waals surface area contributed by atoms with Crippen LogP contribution in [0.2, 0.25) is 0 Å². The summed E-state index contributed by atoms with van der Waals surface area (Å²) < 4.78 is 33.3. The molecule has 2 rings (SSSR count). The number of rotatable bonds is 7. The summed E-state index contributed by atoms with van der Waals surface area (Å²) >= 11 is 2.74. The van der Waals surface area contributed by atoms with Gasteiger partial charge in [-0.2, -0.15) is 0 Å².